The largest absolute Gasteiger partial charge is 0.364 e. The van der Waals surface area contributed by atoms with Gasteiger partial charge < -0.3 is 10.2 Å². The summed E-state index contributed by atoms with van der Waals surface area (Å²) in [6.07, 6.45) is 7.13. The van der Waals surface area contributed by atoms with Gasteiger partial charge in [-0.1, -0.05) is 0 Å². The summed E-state index contributed by atoms with van der Waals surface area (Å²) >= 11 is 0. The molecule has 5 heteroatoms. The lowest BCUT2D eigenvalue weighted by molar-refractivity contribution is -0.126. The van der Waals surface area contributed by atoms with E-state index in [1.54, 1.807) is 18.4 Å². The molecule has 82 valence electrons. The molecular formula is C10H15N3O2. The van der Waals surface area contributed by atoms with Crippen molar-refractivity contribution < 1.29 is 9.63 Å². The molecule has 0 saturated carbocycles. The van der Waals surface area contributed by atoms with Crippen molar-refractivity contribution in [3.63, 3.8) is 0 Å². The van der Waals surface area contributed by atoms with E-state index in [0.717, 1.165) is 25.9 Å². The molecule has 1 saturated heterocycles. The van der Waals surface area contributed by atoms with Crippen LogP contribution in [-0.2, 0) is 9.63 Å². The van der Waals surface area contributed by atoms with Crippen LogP contribution in [0.4, 0.5) is 0 Å². The van der Waals surface area contributed by atoms with E-state index < -0.39 is 0 Å². The molecule has 2 aliphatic rings. The Balaban J connectivity index is 1.85. The van der Waals surface area contributed by atoms with Crippen LogP contribution in [0, 0.1) is 5.92 Å². The second kappa shape index (κ2) is 4.84. The average molecular weight is 209 g/mol. The Bertz CT molecular complexity index is 293. The summed E-state index contributed by atoms with van der Waals surface area (Å²) < 4.78 is 0. The molecule has 5 nitrogen and oxygen atoms in total. The molecule has 1 atom stereocenters. The van der Waals surface area contributed by atoms with Crippen LogP contribution in [0.5, 0.6) is 0 Å². The van der Waals surface area contributed by atoms with Crippen LogP contribution in [0.1, 0.15) is 12.8 Å². The van der Waals surface area contributed by atoms with E-state index in [1.807, 2.05) is 0 Å². The maximum atomic E-state index is 11.7. The number of allylic oxidation sites excluding steroid dienone is 2. The lowest BCUT2D eigenvalue weighted by Crippen LogP contribution is -2.41. The lowest BCUT2D eigenvalue weighted by atomic mass is 9.99. The lowest BCUT2D eigenvalue weighted by Gasteiger charge is -2.22. The standard InChI is InChI=1S/C10H15N3O2/c14-10(8-3-1-5-11-7-8)13-9-4-2-6-12-15-9/h2,4,6,8,11-12H,1,3,5,7H2,(H,13,14). The first-order valence-electron chi connectivity index (χ1n) is 5.17. The molecule has 0 aromatic heterocycles. The molecule has 3 N–H and O–H groups in total. The van der Waals surface area contributed by atoms with Crippen LogP contribution in [0.2, 0.25) is 0 Å². The predicted molar refractivity (Wildman–Crippen MR) is 55.2 cm³/mol. The summed E-state index contributed by atoms with van der Waals surface area (Å²) in [6.45, 7) is 1.76. The van der Waals surface area contributed by atoms with E-state index in [0.29, 0.717) is 5.88 Å². The first-order valence-corrected chi connectivity index (χ1v) is 5.17. The van der Waals surface area contributed by atoms with Gasteiger partial charge in [0.25, 0.3) is 0 Å². The smallest absolute Gasteiger partial charge is 0.231 e. The van der Waals surface area contributed by atoms with Crippen LogP contribution >= 0.6 is 0 Å². The molecule has 0 aliphatic carbocycles. The number of nitrogens with one attached hydrogen (secondary N) is 3. The molecule has 2 heterocycles. The number of hydrogen-bond acceptors (Lipinski definition) is 4. The summed E-state index contributed by atoms with van der Waals surface area (Å²) in [7, 11) is 0. The molecule has 1 amide bonds. The Morgan fingerprint density at radius 2 is 2.53 bits per heavy atom. The molecule has 0 bridgehead atoms. The number of amides is 1. The molecule has 0 spiro atoms. The predicted octanol–water partition coefficient (Wildman–Crippen LogP) is -0.00790. The minimum Gasteiger partial charge on any atom is -0.364 e. The SMILES string of the molecule is O=C(NC1=CC=CNO1)C1CCCNC1. The van der Waals surface area contributed by atoms with Gasteiger partial charge in [0.1, 0.15) is 0 Å². The van der Waals surface area contributed by atoms with Crippen molar-refractivity contribution in [1.29, 1.82) is 0 Å². The molecule has 1 unspecified atom stereocenters. The fourth-order valence-electron chi connectivity index (χ4n) is 1.67. The normalized spacial score (nSPS) is 24.8. The first-order chi connectivity index (χ1) is 7.36. The van der Waals surface area contributed by atoms with Gasteiger partial charge in [0.2, 0.25) is 11.8 Å². The average Bonchev–Trinajstić information content (AvgIpc) is 2.31. The van der Waals surface area contributed by atoms with E-state index in [9.17, 15) is 4.79 Å². The van der Waals surface area contributed by atoms with E-state index in [-0.39, 0.29) is 11.8 Å². The summed E-state index contributed by atoms with van der Waals surface area (Å²) in [6, 6.07) is 0. The molecule has 0 radical (unpaired) electrons. The van der Waals surface area contributed by atoms with E-state index in [2.05, 4.69) is 16.1 Å². The Kier molecular flexibility index (Phi) is 3.24. The third-order valence-electron chi connectivity index (χ3n) is 2.49. The molecule has 0 aromatic carbocycles. The van der Waals surface area contributed by atoms with E-state index in [4.69, 9.17) is 4.84 Å². The summed E-state index contributed by atoms with van der Waals surface area (Å²) in [4.78, 5) is 16.8. The molecule has 2 rings (SSSR count). The Morgan fingerprint density at radius 1 is 1.60 bits per heavy atom. The van der Waals surface area contributed by atoms with Crippen molar-refractivity contribution in [2.24, 2.45) is 5.92 Å². The second-order valence-corrected chi connectivity index (χ2v) is 3.64. The number of hydrogen-bond donors (Lipinski definition) is 3. The Hall–Kier alpha value is -1.49. The minimum atomic E-state index is 0.0190. The number of carbonyl (C=O) groups excluding carboxylic acids is 1. The van der Waals surface area contributed by atoms with Gasteiger partial charge >= 0.3 is 0 Å². The summed E-state index contributed by atoms with van der Waals surface area (Å²) in [5.74, 6) is 0.521. The van der Waals surface area contributed by atoms with Crippen molar-refractivity contribution in [2.75, 3.05) is 13.1 Å². The zero-order valence-electron chi connectivity index (χ0n) is 8.45. The van der Waals surface area contributed by atoms with Gasteiger partial charge in [0.05, 0.1) is 5.92 Å². The topological polar surface area (TPSA) is 62.4 Å². The summed E-state index contributed by atoms with van der Waals surface area (Å²) in [5, 5.41) is 5.94. The fourth-order valence-corrected chi connectivity index (χ4v) is 1.67. The van der Waals surface area contributed by atoms with Gasteiger partial charge in [0, 0.05) is 18.8 Å². The molecule has 1 fully saturated rings. The highest BCUT2D eigenvalue weighted by Gasteiger charge is 2.21. The highest BCUT2D eigenvalue weighted by atomic mass is 16.7. The van der Waals surface area contributed by atoms with Crippen molar-refractivity contribution >= 4 is 5.91 Å². The molecule has 2 aliphatic heterocycles. The van der Waals surface area contributed by atoms with Gasteiger partial charge in [-0.3, -0.25) is 10.1 Å². The van der Waals surface area contributed by atoms with Crippen LogP contribution in [-0.4, -0.2) is 19.0 Å². The number of rotatable bonds is 2. The number of carbonyl (C=O) groups is 1. The van der Waals surface area contributed by atoms with Gasteiger partial charge in [-0.2, -0.15) is 0 Å². The van der Waals surface area contributed by atoms with Gasteiger partial charge in [-0.15, -0.1) is 0 Å². The quantitative estimate of drug-likeness (QED) is 0.598. The van der Waals surface area contributed by atoms with Crippen molar-refractivity contribution in [3.8, 4) is 0 Å². The Morgan fingerprint density at radius 3 is 3.20 bits per heavy atom. The van der Waals surface area contributed by atoms with Crippen LogP contribution in [0.25, 0.3) is 0 Å². The first kappa shape index (κ1) is 10.0. The molecule has 15 heavy (non-hydrogen) atoms. The van der Waals surface area contributed by atoms with Crippen molar-refractivity contribution in [1.82, 2.24) is 16.1 Å². The van der Waals surface area contributed by atoms with Gasteiger partial charge in [-0.25, -0.2) is 5.48 Å². The summed E-state index contributed by atoms with van der Waals surface area (Å²) in [5.41, 5.74) is 2.56. The second-order valence-electron chi connectivity index (χ2n) is 3.64. The monoisotopic (exact) mass is 209 g/mol. The van der Waals surface area contributed by atoms with Crippen molar-refractivity contribution in [2.45, 2.75) is 12.8 Å². The minimum absolute atomic E-state index is 0.0190. The highest BCUT2D eigenvalue weighted by molar-refractivity contribution is 5.80. The zero-order valence-corrected chi connectivity index (χ0v) is 8.45. The fraction of sp³-hybridized carbons (Fsp3) is 0.500. The van der Waals surface area contributed by atoms with Crippen molar-refractivity contribution in [3.05, 3.63) is 24.2 Å². The molecular weight excluding hydrogens is 194 g/mol. The highest BCUT2D eigenvalue weighted by Crippen LogP contribution is 2.10. The van der Waals surface area contributed by atoms with Crippen LogP contribution in [0.3, 0.4) is 0 Å². The maximum Gasteiger partial charge on any atom is 0.231 e. The molecule has 0 aromatic rings. The van der Waals surface area contributed by atoms with Gasteiger partial charge in [0.15, 0.2) is 0 Å². The van der Waals surface area contributed by atoms with Crippen LogP contribution in [0.15, 0.2) is 24.2 Å². The maximum absolute atomic E-state index is 11.7. The van der Waals surface area contributed by atoms with Gasteiger partial charge in [-0.05, 0) is 25.5 Å². The number of piperidine rings is 1. The third kappa shape index (κ3) is 2.73. The number of hydroxylamine groups is 1. The van der Waals surface area contributed by atoms with E-state index in [1.165, 1.54) is 0 Å². The zero-order chi connectivity index (χ0) is 10.5. The Labute approximate surface area is 88.5 Å². The van der Waals surface area contributed by atoms with Crippen LogP contribution < -0.4 is 16.1 Å². The van der Waals surface area contributed by atoms with E-state index >= 15 is 0 Å². The third-order valence-corrected chi connectivity index (χ3v) is 2.49.